The first kappa shape index (κ1) is 19.9. The number of ether oxygens (including phenoxy) is 1. The predicted molar refractivity (Wildman–Crippen MR) is 111 cm³/mol. The number of carbonyl (C=O) groups excluding carboxylic acids is 1. The maximum atomic E-state index is 13.0. The van der Waals surface area contributed by atoms with Gasteiger partial charge in [-0.15, -0.1) is 0 Å². The highest BCUT2D eigenvalue weighted by Crippen LogP contribution is 2.44. The molecule has 0 spiro atoms. The standard InChI is InChI=1S/C24H29FN2O2/c1-26-14-19-15-27(23(28)5-3-4-17-6-10-20(25)11-7-17)16-22(19)24(26)18-8-12-21(29-2)13-9-18/h6-13,19,22,24H,3-5,14-16H2,1-2H3/t19-,22+,24-/m0/s1. The second-order valence-corrected chi connectivity index (χ2v) is 8.36. The SMILES string of the molecule is COc1ccc([C@H]2[C@@H]3CN(C(=O)CCCc4ccc(F)cc4)C[C@@H]3CN2C)cc1. The first-order valence-electron chi connectivity index (χ1n) is 10.4. The summed E-state index contributed by atoms with van der Waals surface area (Å²) in [4.78, 5) is 17.2. The molecule has 0 N–H and O–H groups in total. The Balaban J connectivity index is 1.33. The van der Waals surface area contributed by atoms with E-state index in [-0.39, 0.29) is 11.7 Å². The summed E-state index contributed by atoms with van der Waals surface area (Å²) in [5.41, 5.74) is 2.38. The van der Waals surface area contributed by atoms with Gasteiger partial charge >= 0.3 is 0 Å². The van der Waals surface area contributed by atoms with Crippen molar-refractivity contribution in [3.05, 3.63) is 65.5 Å². The van der Waals surface area contributed by atoms with Crippen LogP contribution in [0.4, 0.5) is 4.39 Å². The van der Waals surface area contributed by atoms with E-state index in [4.69, 9.17) is 4.74 Å². The quantitative estimate of drug-likeness (QED) is 0.742. The van der Waals surface area contributed by atoms with Crippen LogP contribution in [0.2, 0.25) is 0 Å². The Hall–Kier alpha value is -2.40. The lowest BCUT2D eigenvalue weighted by atomic mass is 9.89. The molecule has 4 nitrogen and oxygen atoms in total. The van der Waals surface area contributed by atoms with Crippen molar-refractivity contribution in [1.29, 1.82) is 0 Å². The Morgan fingerprint density at radius 1 is 1.07 bits per heavy atom. The Labute approximate surface area is 172 Å². The van der Waals surface area contributed by atoms with E-state index in [1.807, 2.05) is 12.1 Å². The number of likely N-dealkylation sites (tertiary alicyclic amines) is 2. The average molecular weight is 397 g/mol. The van der Waals surface area contributed by atoms with Crippen molar-refractivity contribution < 1.29 is 13.9 Å². The zero-order valence-corrected chi connectivity index (χ0v) is 17.2. The fraction of sp³-hybridized carbons (Fsp3) is 0.458. The molecule has 2 aliphatic heterocycles. The molecule has 0 unspecified atom stereocenters. The van der Waals surface area contributed by atoms with E-state index in [0.29, 0.717) is 24.3 Å². The molecule has 0 bridgehead atoms. The summed E-state index contributed by atoms with van der Waals surface area (Å²) in [7, 11) is 3.87. The van der Waals surface area contributed by atoms with Crippen LogP contribution in [0.15, 0.2) is 48.5 Å². The summed E-state index contributed by atoms with van der Waals surface area (Å²) < 4.78 is 18.3. The van der Waals surface area contributed by atoms with Crippen molar-refractivity contribution in [3.63, 3.8) is 0 Å². The minimum absolute atomic E-state index is 0.218. The van der Waals surface area contributed by atoms with Crippen molar-refractivity contribution in [1.82, 2.24) is 9.80 Å². The molecule has 2 aliphatic rings. The van der Waals surface area contributed by atoms with Gasteiger partial charge in [0.2, 0.25) is 5.91 Å². The number of fused-ring (bicyclic) bond motifs is 1. The normalized spacial score (nSPS) is 24.0. The minimum atomic E-state index is -0.218. The van der Waals surface area contributed by atoms with Crippen molar-refractivity contribution in [3.8, 4) is 5.75 Å². The van der Waals surface area contributed by atoms with Crippen LogP contribution < -0.4 is 4.74 Å². The van der Waals surface area contributed by atoms with Crippen LogP contribution in [0.5, 0.6) is 5.75 Å². The van der Waals surface area contributed by atoms with Gasteiger partial charge in [0, 0.05) is 38.0 Å². The van der Waals surface area contributed by atoms with E-state index in [1.54, 1.807) is 19.2 Å². The number of aryl methyl sites for hydroxylation is 1. The molecule has 29 heavy (non-hydrogen) atoms. The molecule has 4 rings (SSSR count). The topological polar surface area (TPSA) is 32.8 Å². The molecule has 2 fully saturated rings. The van der Waals surface area contributed by atoms with E-state index < -0.39 is 0 Å². The molecule has 154 valence electrons. The summed E-state index contributed by atoms with van der Waals surface area (Å²) in [5, 5.41) is 0. The lowest BCUT2D eigenvalue weighted by Gasteiger charge is -2.27. The van der Waals surface area contributed by atoms with Gasteiger partial charge in [-0.3, -0.25) is 9.69 Å². The van der Waals surface area contributed by atoms with Crippen LogP contribution >= 0.6 is 0 Å². The molecule has 0 radical (unpaired) electrons. The average Bonchev–Trinajstić information content (AvgIpc) is 3.26. The number of rotatable bonds is 6. The van der Waals surface area contributed by atoms with Gasteiger partial charge in [-0.2, -0.15) is 0 Å². The second-order valence-electron chi connectivity index (χ2n) is 8.36. The molecule has 0 saturated carbocycles. The van der Waals surface area contributed by atoms with Crippen LogP contribution in [0.3, 0.4) is 0 Å². The summed E-state index contributed by atoms with van der Waals surface area (Å²) in [6.45, 7) is 2.72. The number of benzene rings is 2. The van der Waals surface area contributed by atoms with Gasteiger partial charge in [0.05, 0.1) is 7.11 Å². The first-order chi connectivity index (χ1) is 14.0. The maximum Gasteiger partial charge on any atom is 0.222 e. The van der Waals surface area contributed by atoms with Crippen molar-refractivity contribution in [2.24, 2.45) is 11.8 Å². The van der Waals surface area contributed by atoms with Gasteiger partial charge in [0.25, 0.3) is 0 Å². The van der Waals surface area contributed by atoms with E-state index in [9.17, 15) is 9.18 Å². The van der Waals surface area contributed by atoms with Crippen LogP contribution in [-0.2, 0) is 11.2 Å². The number of nitrogens with zero attached hydrogens (tertiary/aromatic N) is 2. The van der Waals surface area contributed by atoms with Crippen LogP contribution in [0.25, 0.3) is 0 Å². The van der Waals surface area contributed by atoms with Gasteiger partial charge in [0.1, 0.15) is 11.6 Å². The highest BCUT2D eigenvalue weighted by Gasteiger charge is 2.46. The van der Waals surface area contributed by atoms with Gasteiger partial charge in [-0.25, -0.2) is 4.39 Å². The largest absolute Gasteiger partial charge is 0.497 e. The third-order valence-electron chi connectivity index (χ3n) is 6.47. The first-order valence-corrected chi connectivity index (χ1v) is 10.4. The predicted octanol–water partition coefficient (Wildman–Crippen LogP) is 3.92. The Kier molecular flexibility index (Phi) is 5.86. The third kappa shape index (κ3) is 4.30. The van der Waals surface area contributed by atoms with E-state index >= 15 is 0 Å². The number of methoxy groups -OCH3 is 1. The highest BCUT2D eigenvalue weighted by molar-refractivity contribution is 5.76. The lowest BCUT2D eigenvalue weighted by Crippen LogP contribution is -2.33. The molecule has 2 aromatic rings. The molecule has 0 aromatic heterocycles. The van der Waals surface area contributed by atoms with E-state index in [1.165, 1.54) is 17.7 Å². The van der Waals surface area contributed by atoms with E-state index in [2.05, 4.69) is 29.0 Å². The van der Waals surface area contributed by atoms with Crippen molar-refractivity contribution in [2.45, 2.75) is 25.3 Å². The van der Waals surface area contributed by atoms with Crippen molar-refractivity contribution >= 4 is 5.91 Å². The smallest absolute Gasteiger partial charge is 0.222 e. The zero-order chi connectivity index (χ0) is 20.4. The zero-order valence-electron chi connectivity index (χ0n) is 17.2. The highest BCUT2D eigenvalue weighted by atomic mass is 19.1. The molecular weight excluding hydrogens is 367 g/mol. The third-order valence-corrected chi connectivity index (χ3v) is 6.47. The number of carbonyl (C=O) groups is 1. The van der Waals surface area contributed by atoms with Crippen LogP contribution in [0.1, 0.15) is 30.0 Å². The Morgan fingerprint density at radius 3 is 2.48 bits per heavy atom. The van der Waals surface area contributed by atoms with E-state index in [0.717, 1.165) is 43.8 Å². The summed E-state index contributed by atoms with van der Waals surface area (Å²) in [6.07, 6.45) is 2.17. The maximum absolute atomic E-state index is 13.0. The van der Waals surface area contributed by atoms with Crippen LogP contribution in [0, 0.1) is 17.7 Å². The van der Waals surface area contributed by atoms with Gasteiger partial charge in [-0.1, -0.05) is 24.3 Å². The molecule has 2 saturated heterocycles. The Morgan fingerprint density at radius 2 is 1.79 bits per heavy atom. The molecule has 2 heterocycles. The van der Waals surface area contributed by atoms with Crippen LogP contribution in [-0.4, -0.2) is 49.5 Å². The number of hydrogen-bond donors (Lipinski definition) is 0. The number of amides is 1. The summed E-state index contributed by atoms with van der Waals surface area (Å²) >= 11 is 0. The number of hydrogen-bond acceptors (Lipinski definition) is 3. The fourth-order valence-corrected chi connectivity index (χ4v) is 5.02. The van der Waals surface area contributed by atoms with Gasteiger partial charge < -0.3 is 9.64 Å². The lowest BCUT2D eigenvalue weighted by molar-refractivity contribution is -0.130. The molecule has 5 heteroatoms. The minimum Gasteiger partial charge on any atom is -0.497 e. The summed E-state index contributed by atoms with van der Waals surface area (Å²) in [6, 6.07) is 15.2. The molecule has 2 aromatic carbocycles. The monoisotopic (exact) mass is 396 g/mol. The van der Waals surface area contributed by atoms with Crippen molar-refractivity contribution in [2.75, 3.05) is 33.8 Å². The fourth-order valence-electron chi connectivity index (χ4n) is 5.02. The molecule has 1 amide bonds. The molecule has 3 atom stereocenters. The molecular formula is C24H29FN2O2. The Bertz CT molecular complexity index is 837. The van der Waals surface area contributed by atoms with Gasteiger partial charge in [0.15, 0.2) is 0 Å². The second kappa shape index (κ2) is 8.54. The van der Waals surface area contributed by atoms with Gasteiger partial charge in [-0.05, 0) is 61.2 Å². The molecule has 0 aliphatic carbocycles. The summed E-state index contributed by atoms with van der Waals surface area (Å²) in [5.74, 6) is 1.92. The number of halogens is 1.